The molecule has 0 bridgehead atoms. The van der Waals surface area contributed by atoms with E-state index in [0.29, 0.717) is 0 Å². The Morgan fingerprint density at radius 3 is 2.42 bits per heavy atom. The molecule has 0 fully saturated rings. The number of hydrogen-bond donors (Lipinski definition) is 0. The molecule has 0 saturated heterocycles. The van der Waals surface area contributed by atoms with Crippen LogP contribution in [0.25, 0.3) is 0 Å². The standard InChI is InChI=1S/C7H17O4P/c1-3-5-6-7-11-12(8,9)10-4-2/h3-7H2,1-2H3,(H,8,9)/p-1. The van der Waals surface area contributed by atoms with Gasteiger partial charge in [-0.25, -0.2) is 0 Å². The molecule has 0 rings (SSSR count). The molecular weight excluding hydrogens is 179 g/mol. The molecule has 0 heterocycles. The molecule has 0 saturated carbocycles. The highest BCUT2D eigenvalue weighted by atomic mass is 31.2. The smallest absolute Gasteiger partial charge is 0.267 e. The second-order valence-corrected chi connectivity index (χ2v) is 3.82. The van der Waals surface area contributed by atoms with Crippen molar-refractivity contribution in [2.75, 3.05) is 13.2 Å². The zero-order valence-electron chi connectivity index (χ0n) is 7.62. The summed E-state index contributed by atoms with van der Waals surface area (Å²) in [7, 11) is -3.98. The fourth-order valence-corrected chi connectivity index (χ4v) is 1.47. The normalized spacial score (nSPS) is 15.9. The Labute approximate surface area is 73.5 Å². The van der Waals surface area contributed by atoms with Gasteiger partial charge in [0.1, 0.15) is 0 Å². The lowest BCUT2D eigenvalue weighted by molar-refractivity contribution is -0.225. The molecule has 1 unspecified atom stereocenters. The summed E-state index contributed by atoms with van der Waals surface area (Å²) in [6.07, 6.45) is 2.78. The lowest BCUT2D eigenvalue weighted by Gasteiger charge is -2.21. The van der Waals surface area contributed by atoms with Gasteiger partial charge in [0.15, 0.2) is 0 Å². The maximum absolute atomic E-state index is 10.8. The average molecular weight is 195 g/mol. The van der Waals surface area contributed by atoms with Gasteiger partial charge in [-0.05, 0) is 13.3 Å². The van der Waals surface area contributed by atoms with E-state index < -0.39 is 7.82 Å². The summed E-state index contributed by atoms with van der Waals surface area (Å²) in [6, 6.07) is 0. The van der Waals surface area contributed by atoms with E-state index in [-0.39, 0.29) is 13.2 Å². The van der Waals surface area contributed by atoms with Crippen molar-refractivity contribution >= 4 is 7.82 Å². The summed E-state index contributed by atoms with van der Waals surface area (Å²) >= 11 is 0. The molecule has 1 atom stereocenters. The molecule has 0 aliphatic carbocycles. The van der Waals surface area contributed by atoms with Crippen molar-refractivity contribution in [3.05, 3.63) is 0 Å². The predicted molar refractivity (Wildman–Crippen MR) is 44.7 cm³/mol. The number of hydrogen-bond acceptors (Lipinski definition) is 4. The van der Waals surface area contributed by atoms with Crippen LogP contribution < -0.4 is 4.89 Å². The summed E-state index contributed by atoms with van der Waals surface area (Å²) in [6.45, 7) is 4.02. The third-order valence-electron chi connectivity index (χ3n) is 1.28. The predicted octanol–water partition coefficient (Wildman–Crippen LogP) is 1.70. The minimum atomic E-state index is -3.98. The molecule has 0 spiro atoms. The molecule has 0 radical (unpaired) electrons. The molecular formula is C7H16O4P-. The van der Waals surface area contributed by atoms with Crippen LogP contribution in [0.4, 0.5) is 0 Å². The van der Waals surface area contributed by atoms with E-state index in [1.165, 1.54) is 0 Å². The third kappa shape index (κ3) is 6.80. The topological polar surface area (TPSA) is 58.6 Å². The van der Waals surface area contributed by atoms with Crippen LogP contribution in [0.3, 0.4) is 0 Å². The van der Waals surface area contributed by atoms with Crippen molar-refractivity contribution in [2.24, 2.45) is 0 Å². The van der Waals surface area contributed by atoms with Gasteiger partial charge >= 0.3 is 0 Å². The molecule has 5 heteroatoms. The first-order valence-corrected chi connectivity index (χ1v) is 5.68. The summed E-state index contributed by atoms with van der Waals surface area (Å²) < 4.78 is 19.7. The van der Waals surface area contributed by atoms with Gasteiger partial charge in [0.25, 0.3) is 7.82 Å². The lowest BCUT2D eigenvalue weighted by atomic mass is 10.3. The van der Waals surface area contributed by atoms with Crippen molar-refractivity contribution in [1.82, 2.24) is 0 Å². The van der Waals surface area contributed by atoms with Gasteiger partial charge < -0.3 is 13.9 Å². The van der Waals surface area contributed by atoms with E-state index in [4.69, 9.17) is 0 Å². The highest BCUT2D eigenvalue weighted by molar-refractivity contribution is 7.45. The molecule has 0 aliphatic rings. The molecule has 0 aliphatic heterocycles. The SMILES string of the molecule is CCCCCOP(=O)([O-])OCC. The van der Waals surface area contributed by atoms with Gasteiger partial charge in [0, 0.05) is 0 Å². The van der Waals surface area contributed by atoms with Crippen molar-refractivity contribution in [3.8, 4) is 0 Å². The van der Waals surface area contributed by atoms with E-state index in [9.17, 15) is 9.46 Å². The number of phosphoric acid groups is 1. The van der Waals surface area contributed by atoms with E-state index in [0.717, 1.165) is 19.3 Å². The third-order valence-corrected chi connectivity index (χ3v) is 2.36. The monoisotopic (exact) mass is 195 g/mol. The Morgan fingerprint density at radius 2 is 1.92 bits per heavy atom. The van der Waals surface area contributed by atoms with Crippen LogP contribution >= 0.6 is 7.82 Å². The van der Waals surface area contributed by atoms with Gasteiger partial charge in [-0.1, -0.05) is 19.8 Å². The summed E-state index contributed by atoms with van der Waals surface area (Å²) in [4.78, 5) is 10.8. The number of unbranched alkanes of at least 4 members (excludes halogenated alkanes) is 2. The van der Waals surface area contributed by atoms with Crippen LogP contribution in [-0.4, -0.2) is 13.2 Å². The Kier molecular flexibility index (Phi) is 6.67. The molecule has 74 valence electrons. The Balaban J connectivity index is 3.41. The van der Waals surface area contributed by atoms with Gasteiger partial charge in [-0.2, -0.15) is 0 Å². The Morgan fingerprint density at radius 1 is 1.25 bits per heavy atom. The summed E-state index contributed by atoms with van der Waals surface area (Å²) in [5.74, 6) is 0. The molecule has 0 N–H and O–H groups in total. The fraction of sp³-hybridized carbons (Fsp3) is 1.00. The Hall–Kier alpha value is 0.110. The van der Waals surface area contributed by atoms with Crippen LogP contribution in [0.5, 0.6) is 0 Å². The molecule has 4 nitrogen and oxygen atoms in total. The highest BCUT2D eigenvalue weighted by Crippen LogP contribution is 2.37. The minimum Gasteiger partial charge on any atom is -0.756 e. The van der Waals surface area contributed by atoms with E-state index in [1.807, 2.05) is 6.92 Å². The first kappa shape index (κ1) is 12.1. The van der Waals surface area contributed by atoms with Crippen molar-refractivity contribution in [2.45, 2.75) is 33.1 Å². The molecule has 0 aromatic rings. The van der Waals surface area contributed by atoms with E-state index in [1.54, 1.807) is 6.92 Å². The molecule has 0 aromatic heterocycles. The van der Waals surface area contributed by atoms with Crippen molar-refractivity contribution in [1.29, 1.82) is 0 Å². The van der Waals surface area contributed by atoms with Gasteiger partial charge in [-0.15, -0.1) is 0 Å². The van der Waals surface area contributed by atoms with Gasteiger partial charge in [-0.3, -0.25) is 4.57 Å². The summed E-state index contributed by atoms with van der Waals surface area (Å²) in [5.41, 5.74) is 0. The summed E-state index contributed by atoms with van der Waals surface area (Å²) in [5, 5.41) is 0. The van der Waals surface area contributed by atoms with Gasteiger partial charge in [0.05, 0.1) is 13.2 Å². The van der Waals surface area contributed by atoms with Crippen LogP contribution in [0.1, 0.15) is 33.1 Å². The number of phosphoric ester groups is 1. The molecule has 12 heavy (non-hydrogen) atoms. The maximum atomic E-state index is 10.8. The highest BCUT2D eigenvalue weighted by Gasteiger charge is 2.06. The van der Waals surface area contributed by atoms with Crippen LogP contribution in [-0.2, 0) is 13.6 Å². The van der Waals surface area contributed by atoms with E-state index in [2.05, 4.69) is 9.05 Å². The maximum Gasteiger partial charge on any atom is 0.267 e. The van der Waals surface area contributed by atoms with E-state index >= 15 is 0 Å². The van der Waals surface area contributed by atoms with Crippen molar-refractivity contribution < 1.29 is 18.5 Å². The van der Waals surface area contributed by atoms with Crippen LogP contribution in [0, 0.1) is 0 Å². The van der Waals surface area contributed by atoms with Crippen LogP contribution in [0.15, 0.2) is 0 Å². The largest absolute Gasteiger partial charge is 0.756 e. The zero-order valence-corrected chi connectivity index (χ0v) is 8.51. The second kappa shape index (κ2) is 6.61. The first-order chi connectivity index (χ1) is 5.62. The Bertz CT molecular complexity index is 148. The van der Waals surface area contributed by atoms with Crippen LogP contribution in [0.2, 0.25) is 0 Å². The lowest BCUT2D eigenvalue weighted by Crippen LogP contribution is -2.08. The van der Waals surface area contributed by atoms with Crippen molar-refractivity contribution in [3.63, 3.8) is 0 Å². The molecule has 0 aromatic carbocycles. The average Bonchev–Trinajstić information content (AvgIpc) is 1.98. The molecule has 0 amide bonds. The number of rotatable bonds is 7. The zero-order chi connectivity index (χ0) is 9.45. The quantitative estimate of drug-likeness (QED) is 0.458. The minimum absolute atomic E-state index is 0.133. The fourth-order valence-electron chi connectivity index (χ4n) is 0.724. The van der Waals surface area contributed by atoms with Gasteiger partial charge in [0.2, 0.25) is 0 Å². The first-order valence-electron chi connectivity index (χ1n) is 4.22. The second-order valence-electron chi connectivity index (χ2n) is 2.41.